The molecule has 2 aromatic heterocycles. The normalized spacial score (nSPS) is 11.8. The summed E-state index contributed by atoms with van der Waals surface area (Å²) in [7, 11) is -2.96. The molecule has 0 amide bonds. The molecule has 3 heteroatoms. The van der Waals surface area contributed by atoms with Gasteiger partial charge in [0.1, 0.15) is 0 Å². The van der Waals surface area contributed by atoms with Crippen molar-refractivity contribution in [2.24, 2.45) is 0 Å². The monoisotopic (exact) mass is 818 g/mol. The molecule has 2 heterocycles. The molecule has 296 valence electrons. The molecule has 0 aliphatic carbocycles. The third kappa shape index (κ3) is 5.78. The Bertz CT molecular complexity index is 3500. The van der Waals surface area contributed by atoms with Crippen molar-refractivity contribution in [3.63, 3.8) is 0 Å². The van der Waals surface area contributed by atoms with Crippen molar-refractivity contribution in [1.82, 2.24) is 9.13 Å². The topological polar surface area (TPSA) is 9.86 Å². The molecule has 12 aromatic rings. The van der Waals surface area contributed by atoms with Crippen LogP contribution in [-0.2, 0) is 0 Å². The summed E-state index contributed by atoms with van der Waals surface area (Å²) < 4.78 is 5.10. The van der Waals surface area contributed by atoms with Crippen LogP contribution in [0.2, 0.25) is 0 Å². The molecule has 0 N–H and O–H groups in total. The first kappa shape index (κ1) is 36.8. The summed E-state index contributed by atoms with van der Waals surface area (Å²) in [6.07, 6.45) is 0. The van der Waals surface area contributed by atoms with E-state index in [4.69, 9.17) is 0 Å². The van der Waals surface area contributed by atoms with Crippen molar-refractivity contribution >= 4 is 72.4 Å². The van der Waals surface area contributed by atoms with Crippen molar-refractivity contribution in [3.05, 3.63) is 255 Å². The molecular formula is C60H42N2Si. The van der Waals surface area contributed by atoms with Gasteiger partial charge in [0.05, 0.1) is 33.4 Å². The Hall–Kier alpha value is -7.98. The molecule has 63 heavy (non-hydrogen) atoms. The Morgan fingerprint density at radius 3 is 1.38 bits per heavy atom. The van der Waals surface area contributed by atoms with E-state index in [1.165, 1.54) is 92.3 Å². The molecule has 0 atom stereocenters. The van der Waals surface area contributed by atoms with Gasteiger partial charge in [-0.05, 0) is 73.8 Å². The SMILES string of the molecule is c1ccc(-c2ccc(-n3c4ccccc4c4c(-n5c6ccccc6c6cccc([Si](c7ccccc7)(c7ccccc7)c7ccccc7)c65)cccc43)c(-c3ccccc3)c2)cc1. The van der Waals surface area contributed by atoms with E-state index in [1.807, 2.05) is 0 Å². The number of rotatable bonds is 8. The average Bonchev–Trinajstić information content (AvgIpc) is 3.89. The molecule has 0 saturated heterocycles. The lowest BCUT2D eigenvalue weighted by molar-refractivity contribution is 1.17. The van der Waals surface area contributed by atoms with E-state index in [1.54, 1.807) is 0 Å². The second kappa shape index (κ2) is 15.2. The minimum absolute atomic E-state index is 1.15. The van der Waals surface area contributed by atoms with E-state index >= 15 is 0 Å². The highest BCUT2D eigenvalue weighted by Gasteiger charge is 2.43. The number of fused-ring (bicyclic) bond motifs is 6. The maximum absolute atomic E-state index is 2.96. The van der Waals surface area contributed by atoms with Gasteiger partial charge in [0.15, 0.2) is 8.07 Å². The number of nitrogens with zero attached hydrogens (tertiary/aromatic N) is 2. The van der Waals surface area contributed by atoms with Crippen LogP contribution in [0, 0.1) is 0 Å². The predicted octanol–water partition coefficient (Wildman–Crippen LogP) is 12.6. The standard InChI is InChI=1S/C60H42N2Si/c1-6-22-43(23-7-1)45-40-41-55(52(42-45)44-24-8-2-9-25-44)61-54-36-19-17-33-51(54)59-56(61)37-21-38-57(59)62-53-35-18-16-32-49(53)50-34-20-39-58(60(50)62)63(46-26-10-3-11-27-46,47-28-12-4-13-29-47)48-30-14-5-15-31-48/h1-42H. The number of para-hydroxylation sites is 3. The molecule has 10 aromatic carbocycles. The van der Waals surface area contributed by atoms with Gasteiger partial charge in [-0.1, -0.05) is 218 Å². The quantitative estimate of drug-likeness (QED) is 0.107. The maximum atomic E-state index is 2.60. The molecule has 0 radical (unpaired) electrons. The zero-order chi connectivity index (χ0) is 41.7. The summed E-state index contributed by atoms with van der Waals surface area (Å²) >= 11 is 0. The molecule has 0 aliphatic rings. The van der Waals surface area contributed by atoms with Crippen LogP contribution in [0.25, 0.3) is 77.2 Å². The Morgan fingerprint density at radius 2 is 0.762 bits per heavy atom. The Balaban J connectivity index is 1.22. The number of hydrogen-bond acceptors (Lipinski definition) is 0. The highest BCUT2D eigenvalue weighted by atomic mass is 28.3. The third-order valence-electron chi connectivity index (χ3n) is 13.1. The fraction of sp³-hybridized carbons (Fsp3) is 0. The van der Waals surface area contributed by atoms with Crippen molar-refractivity contribution in [1.29, 1.82) is 0 Å². The van der Waals surface area contributed by atoms with Crippen LogP contribution in [0.15, 0.2) is 255 Å². The Kier molecular flexibility index (Phi) is 8.87. The van der Waals surface area contributed by atoms with Crippen LogP contribution in [0.3, 0.4) is 0 Å². The van der Waals surface area contributed by atoms with Crippen molar-refractivity contribution < 1.29 is 0 Å². The van der Waals surface area contributed by atoms with Crippen LogP contribution < -0.4 is 20.7 Å². The molecule has 12 rings (SSSR count). The molecule has 0 aliphatic heterocycles. The van der Waals surface area contributed by atoms with Gasteiger partial charge >= 0.3 is 0 Å². The first-order valence-corrected chi connectivity index (χ1v) is 23.8. The van der Waals surface area contributed by atoms with Crippen molar-refractivity contribution in [3.8, 4) is 33.6 Å². The van der Waals surface area contributed by atoms with E-state index in [9.17, 15) is 0 Å². The fourth-order valence-corrected chi connectivity index (χ4v) is 15.4. The third-order valence-corrected chi connectivity index (χ3v) is 17.9. The largest absolute Gasteiger partial charge is 0.309 e. The lowest BCUT2D eigenvalue weighted by Crippen LogP contribution is -2.75. The average molecular weight is 819 g/mol. The minimum Gasteiger partial charge on any atom is -0.309 e. The molecule has 0 unspecified atom stereocenters. The van der Waals surface area contributed by atoms with Gasteiger partial charge in [0.2, 0.25) is 0 Å². The van der Waals surface area contributed by atoms with Gasteiger partial charge in [0.25, 0.3) is 0 Å². The number of hydrogen-bond donors (Lipinski definition) is 0. The predicted molar refractivity (Wildman–Crippen MR) is 270 cm³/mol. The van der Waals surface area contributed by atoms with Gasteiger partial charge in [-0.2, -0.15) is 0 Å². The van der Waals surface area contributed by atoms with Crippen LogP contribution in [0.4, 0.5) is 0 Å². The summed E-state index contributed by atoms with van der Waals surface area (Å²) in [5, 5.41) is 10.4. The van der Waals surface area contributed by atoms with Crippen LogP contribution in [0.1, 0.15) is 0 Å². The van der Waals surface area contributed by atoms with E-state index in [-0.39, 0.29) is 0 Å². The second-order valence-corrected chi connectivity index (χ2v) is 20.2. The first-order valence-electron chi connectivity index (χ1n) is 21.8. The maximum Gasteiger partial charge on any atom is 0.181 e. The number of benzene rings is 10. The fourth-order valence-electron chi connectivity index (χ4n) is 10.4. The van der Waals surface area contributed by atoms with E-state index < -0.39 is 8.07 Å². The van der Waals surface area contributed by atoms with Crippen LogP contribution in [-0.4, -0.2) is 17.2 Å². The van der Waals surface area contributed by atoms with Gasteiger partial charge in [-0.15, -0.1) is 0 Å². The van der Waals surface area contributed by atoms with Gasteiger partial charge < -0.3 is 9.13 Å². The van der Waals surface area contributed by atoms with Gasteiger partial charge in [-0.25, -0.2) is 0 Å². The number of aromatic nitrogens is 2. The molecule has 0 spiro atoms. The minimum atomic E-state index is -2.96. The molecular weight excluding hydrogens is 777 g/mol. The second-order valence-electron chi connectivity index (χ2n) is 16.4. The summed E-state index contributed by atoms with van der Waals surface area (Å²) in [4.78, 5) is 0. The van der Waals surface area contributed by atoms with Crippen LogP contribution in [0.5, 0.6) is 0 Å². The summed E-state index contributed by atoms with van der Waals surface area (Å²) in [5.74, 6) is 0. The molecule has 0 fully saturated rings. The Labute approximate surface area is 368 Å². The van der Waals surface area contributed by atoms with Crippen molar-refractivity contribution in [2.75, 3.05) is 0 Å². The Morgan fingerprint density at radius 1 is 0.286 bits per heavy atom. The van der Waals surface area contributed by atoms with E-state index in [2.05, 4.69) is 264 Å². The lowest BCUT2D eigenvalue weighted by atomic mass is 9.97. The van der Waals surface area contributed by atoms with E-state index in [0.29, 0.717) is 0 Å². The van der Waals surface area contributed by atoms with Crippen LogP contribution >= 0.6 is 0 Å². The summed E-state index contributed by atoms with van der Waals surface area (Å²) in [6.45, 7) is 0. The molecule has 0 saturated carbocycles. The van der Waals surface area contributed by atoms with Crippen molar-refractivity contribution in [2.45, 2.75) is 0 Å². The smallest absolute Gasteiger partial charge is 0.181 e. The first-order chi connectivity index (χ1) is 31.3. The summed E-state index contributed by atoms with van der Waals surface area (Å²) in [5.41, 5.74) is 11.9. The van der Waals surface area contributed by atoms with Gasteiger partial charge in [-0.3, -0.25) is 0 Å². The molecule has 2 nitrogen and oxygen atoms in total. The highest BCUT2D eigenvalue weighted by molar-refractivity contribution is 7.20. The van der Waals surface area contributed by atoms with Gasteiger partial charge in [0, 0.05) is 27.1 Å². The zero-order valence-electron chi connectivity index (χ0n) is 34.6. The zero-order valence-corrected chi connectivity index (χ0v) is 35.6. The highest BCUT2D eigenvalue weighted by Crippen LogP contribution is 2.42. The summed E-state index contributed by atoms with van der Waals surface area (Å²) in [6, 6.07) is 94.3. The molecule has 0 bridgehead atoms. The lowest BCUT2D eigenvalue weighted by Gasteiger charge is -2.35. The van der Waals surface area contributed by atoms with E-state index in [0.717, 1.165) is 5.69 Å².